The Morgan fingerprint density at radius 2 is 1.88 bits per heavy atom. The van der Waals surface area contributed by atoms with E-state index in [0.29, 0.717) is 12.0 Å². The van der Waals surface area contributed by atoms with Crippen LogP contribution in [0.4, 0.5) is 0 Å². The van der Waals surface area contributed by atoms with Gasteiger partial charge in [-0.2, -0.15) is 0 Å². The second kappa shape index (κ2) is 4.77. The molecule has 1 aromatic carbocycles. The van der Waals surface area contributed by atoms with Gasteiger partial charge in [0.1, 0.15) is 0 Å². The lowest BCUT2D eigenvalue weighted by Gasteiger charge is -2.02. The predicted octanol–water partition coefficient (Wildman–Crippen LogP) is 1.58. The maximum atomic E-state index is 11.5. The molecule has 0 bridgehead atoms. The summed E-state index contributed by atoms with van der Waals surface area (Å²) in [5.74, 6) is 0. The zero-order valence-corrected chi connectivity index (χ0v) is 8.81. The molecule has 0 saturated heterocycles. The highest BCUT2D eigenvalue weighted by Crippen LogP contribution is 2.15. The van der Waals surface area contributed by atoms with Crippen molar-refractivity contribution >= 4 is 0 Å². The molecular weight excluding hydrogens is 202 g/mol. The van der Waals surface area contributed by atoms with E-state index in [1.165, 1.54) is 0 Å². The van der Waals surface area contributed by atoms with E-state index in [2.05, 4.69) is 4.98 Å². The van der Waals surface area contributed by atoms with Crippen LogP contribution in [0.2, 0.25) is 0 Å². The standard InChI is InChI=1S/C13H13NO2/c15-9-7-10-3-5-11(6-4-10)12-2-1-8-14-13(12)16/h1-6,8,15H,7,9H2,(H,14,16). The molecular formula is C13H13NO2. The summed E-state index contributed by atoms with van der Waals surface area (Å²) in [4.78, 5) is 14.2. The third kappa shape index (κ3) is 2.20. The molecule has 1 aromatic heterocycles. The number of benzene rings is 1. The van der Waals surface area contributed by atoms with Crippen LogP contribution in [-0.4, -0.2) is 16.7 Å². The van der Waals surface area contributed by atoms with Crippen LogP contribution in [-0.2, 0) is 6.42 Å². The molecule has 16 heavy (non-hydrogen) atoms. The fourth-order valence-electron chi connectivity index (χ4n) is 1.63. The average molecular weight is 215 g/mol. The van der Waals surface area contributed by atoms with E-state index < -0.39 is 0 Å². The fraction of sp³-hybridized carbons (Fsp3) is 0.154. The van der Waals surface area contributed by atoms with Crippen LogP contribution < -0.4 is 5.56 Å². The van der Waals surface area contributed by atoms with Crippen LogP contribution in [0.25, 0.3) is 11.1 Å². The molecule has 0 aliphatic rings. The molecule has 0 amide bonds. The lowest BCUT2D eigenvalue weighted by Crippen LogP contribution is -2.06. The van der Waals surface area contributed by atoms with Crippen LogP contribution in [0.15, 0.2) is 47.4 Å². The van der Waals surface area contributed by atoms with E-state index in [1.54, 1.807) is 18.3 Å². The Hall–Kier alpha value is -1.87. The van der Waals surface area contributed by atoms with Crippen LogP contribution >= 0.6 is 0 Å². The number of aliphatic hydroxyl groups is 1. The SMILES string of the molecule is O=c1[nH]cccc1-c1ccc(CCO)cc1. The van der Waals surface area contributed by atoms with Gasteiger partial charge in [0.15, 0.2) is 0 Å². The minimum atomic E-state index is -0.0857. The Balaban J connectivity index is 2.35. The van der Waals surface area contributed by atoms with Gasteiger partial charge in [0.25, 0.3) is 5.56 Å². The van der Waals surface area contributed by atoms with Gasteiger partial charge in [-0.3, -0.25) is 4.79 Å². The van der Waals surface area contributed by atoms with Gasteiger partial charge in [-0.15, -0.1) is 0 Å². The van der Waals surface area contributed by atoms with Gasteiger partial charge in [-0.05, 0) is 29.7 Å². The lowest BCUT2D eigenvalue weighted by molar-refractivity contribution is 0.299. The van der Waals surface area contributed by atoms with E-state index in [0.717, 1.165) is 11.1 Å². The molecule has 2 N–H and O–H groups in total. The Bertz CT molecular complexity index is 514. The number of hydrogen-bond acceptors (Lipinski definition) is 2. The first-order valence-electron chi connectivity index (χ1n) is 5.19. The number of hydrogen-bond donors (Lipinski definition) is 2. The van der Waals surface area contributed by atoms with Gasteiger partial charge >= 0.3 is 0 Å². The van der Waals surface area contributed by atoms with Gasteiger partial charge in [0.05, 0.1) is 0 Å². The van der Waals surface area contributed by atoms with Gasteiger partial charge in [0, 0.05) is 18.4 Å². The molecule has 0 saturated carbocycles. The van der Waals surface area contributed by atoms with Crippen molar-refractivity contribution in [1.29, 1.82) is 0 Å². The largest absolute Gasteiger partial charge is 0.396 e. The summed E-state index contributed by atoms with van der Waals surface area (Å²) in [7, 11) is 0. The van der Waals surface area contributed by atoms with Crippen molar-refractivity contribution < 1.29 is 5.11 Å². The number of H-pyrrole nitrogens is 1. The van der Waals surface area contributed by atoms with E-state index in [1.807, 2.05) is 24.3 Å². The van der Waals surface area contributed by atoms with Gasteiger partial charge in [-0.1, -0.05) is 24.3 Å². The van der Waals surface area contributed by atoms with Crippen molar-refractivity contribution in [2.24, 2.45) is 0 Å². The third-order valence-electron chi connectivity index (χ3n) is 2.48. The van der Waals surface area contributed by atoms with Crippen LogP contribution in [0, 0.1) is 0 Å². The first kappa shape index (κ1) is 10.6. The summed E-state index contributed by atoms with van der Waals surface area (Å²) in [6.07, 6.45) is 2.26. The van der Waals surface area contributed by atoms with Crippen molar-refractivity contribution in [3.05, 3.63) is 58.5 Å². The van der Waals surface area contributed by atoms with Gasteiger partial charge in [0.2, 0.25) is 0 Å². The number of nitrogens with one attached hydrogen (secondary N) is 1. The minimum Gasteiger partial charge on any atom is -0.396 e. The number of aliphatic hydroxyl groups excluding tert-OH is 1. The van der Waals surface area contributed by atoms with Crippen molar-refractivity contribution in [1.82, 2.24) is 4.98 Å². The van der Waals surface area contributed by atoms with E-state index in [-0.39, 0.29) is 12.2 Å². The highest BCUT2D eigenvalue weighted by atomic mass is 16.2. The molecule has 3 heteroatoms. The molecule has 3 nitrogen and oxygen atoms in total. The molecule has 2 aromatic rings. The monoisotopic (exact) mass is 215 g/mol. The molecule has 0 unspecified atom stereocenters. The Morgan fingerprint density at radius 1 is 1.12 bits per heavy atom. The van der Waals surface area contributed by atoms with Gasteiger partial charge in [-0.25, -0.2) is 0 Å². The second-order valence-electron chi connectivity index (χ2n) is 3.58. The van der Waals surface area contributed by atoms with Crippen LogP contribution in [0.5, 0.6) is 0 Å². The quantitative estimate of drug-likeness (QED) is 0.816. The summed E-state index contributed by atoms with van der Waals surface area (Å²) in [6, 6.07) is 11.2. The van der Waals surface area contributed by atoms with Crippen LogP contribution in [0.1, 0.15) is 5.56 Å². The molecule has 0 spiro atoms. The van der Waals surface area contributed by atoms with Crippen molar-refractivity contribution in [3.8, 4) is 11.1 Å². The molecule has 2 rings (SSSR count). The maximum absolute atomic E-state index is 11.5. The van der Waals surface area contributed by atoms with Gasteiger partial charge < -0.3 is 10.1 Å². The smallest absolute Gasteiger partial charge is 0.255 e. The average Bonchev–Trinajstić information content (AvgIpc) is 2.31. The first-order valence-corrected chi connectivity index (χ1v) is 5.19. The fourth-order valence-corrected chi connectivity index (χ4v) is 1.63. The maximum Gasteiger partial charge on any atom is 0.255 e. The second-order valence-corrected chi connectivity index (χ2v) is 3.58. The summed E-state index contributed by atoms with van der Waals surface area (Å²) < 4.78 is 0. The van der Waals surface area contributed by atoms with Crippen molar-refractivity contribution in [2.45, 2.75) is 6.42 Å². The molecule has 0 aliphatic carbocycles. The summed E-state index contributed by atoms with van der Waals surface area (Å²) in [5.41, 5.74) is 2.54. The molecule has 0 radical (unpaired) electrons. The van der Waals surface area contributed by atoms with Crippen molar-refractivity contribution in [2.75, 3.05) is 6.61 Å². The zero-order valence-electron chi connectivity index (χ0n) is 8.81. The third-order valence-corrected chi connectivity index (χ3v) is 2.48. The Morgan fingerprint density at radius 3 is 2.50 bits per heavy atom. The van der Waals surface area contributed by atoms with E-state index in [4.69, 9.17) is 5.11 Å². The topological polar surface area (TPSA) is 53.1 Å². The van der Waals surface area contributed by atoms with Crippen LogP contribution in [0.3, 0.4) is 0 Å². The number of rotatable bonds is 3. The Labute approximate surface area is 93.4 Å². The number of aromatic nitrogens is 1. The molecule has 0 fully saturated rings. The van der Waals surface area contributed by atoms with E-state index in [9.17, 15) is 4.79 Å². The summed E-state index contributed by atoms with van der Waals surface area (Å²) in [5, 5.41) is 8.80. The molecule has 82 valence electrons. The number of pyridine rings is 1. The van der Waals surface area contributed by atoms with E-state index >= 15 is 0 Å². The normalized spacial score (nSPS) is 10.3. The lowest BCUT2D eigenvalue weighted by atomic mass is 10.0. The molecule has 0 atom stereocenters. The first-order chi connectivity index (χ1) is 7.81. The zero-order chi connectivity index (χ0) is 11.4. The minimum absolute atomic E-state index is 0.0857. The molecule has 0 aliphatic heterocycles. The predicted molar refractivity (Wildman–Crippen MR) is 63.3 cm³/mol. The number of aromatic amines is 1. The highest BCUT2D eigenvalue weighted by molar-refractivity contribution is 5.62. The Kier molecular flexibility index (Phi) is 3.17. The highest BCUT2D eigenvalue weighted by Gasteiger charge is 2.01. The summed E-state index contributed by atoms with van der Waals surface area (Å²) in [6.45, 7) is 0.144. The summed E-state index contributed by atoms with van der Waals surface area (Å²) >= 11 is 0. The molecule has 1 heterocycles. The van der Waals surface area contributed by atoms with Crippen molar-refractivity contribution in [3.63, 3.8) is 0 Å².